The summed E-state index contributed by atoms with van der Waals surface area (Å²) in [5.74, 6) is 1.34. The van der Waals surface area contributed by atoms with Gasteiger partial charge in [0.1, 0.15) is 11.5 Å². The minimum Gasteiger partial charge on any atom is -0.507 e. The number of halogens is 1. The first-order chi connectivity index (χ1) is 9.63. The van der Waals surface area contributed by atoms with Gasteiger partial charge in [-0.15, -0.1) is 0 Å². The third-order valence-electron chi connectivity index (χ3n) is 3.37. The van der Waals surface area contributed by atoms with Crippen LogP contribution in [0, 0.1) is 0 Å². The zero-order chi connectivity index (χ0) is 14.5. The largest absolute Gasteiger partial charge is 0.507 e. The molecule has 0 fully saturated rings. The van der Waals surface area contributed by atoms with Gasteiger partial charge >= 0.3 is 0 Å². The Balaban J connectivity index is 2.16. The van der Waals surface area contributed by atoms with Crippen molar-refractivity contribution in [3.05, 3.63) is 58.1 Å². The predicted octanol–water partition coefficient (Wildman–Crippen LogP) is 3.45. The zero-order valence-corrected chi connectivity index (χ0v) is 12.9. The van der Waals surface area contributed by atoms with Gasteiger partial charge in [-0.2, -0.15) is 0 Å². The van der Waals surface area contributed by atoms with Gasteiger partial charge in [-0.05, 0) is 64.3 Å². The van der Waals surface area contributed by atoms with Crippen LogP contribution in [-0.4, -0.2) is 18.8 Å². The maximum atomic E-state index is 9.52. The van der Waals surface area contributed by atoms with E-state index in [9.17, 15) is 5.11 Å². The normalized spacial score (nSPS) is 12.2. The van der Waals surface area contributed by atoms with E-state index in [0.717, 1.165) is 17.7 Å². The highest BCUT2D eigenvalue weighted by molar-refractivity contribution is 9.10. The van der Waals surface area contributed by atoms with Crippen LogP contribution in [0.15, 0.2) is 46.9 Å². The molecule has 3 nitrogen and oxygen atoms in total. The maximum Gasteiger partial charge on any atom is 0.129 e. The first-order valence-electron chi connectivity index (χ1n) is 6.45. The van der Waals surface area contributed by atoms with Crippen LogP contribution in [0.2, 0.25) is 0 Å². The Kier molecular flexibility index (Phi) is 5.04. The van der Waals surface area contributed by atoms with E-state index < -0.39 is 0 Å². The number of phenols is 1. The highest BCUT2D eigenvalue weighted by atomic mass is 79.9. The molecular formula is C16H18BrNO2. The Morgan fingerprint density at radius 1 is 1.20 bits per heavy atom. The molecule has 3 N–H and O–H groups in total. The van der Waals surface area contributed by atoms with E-state index in [0.29, 0.717) is 11.0 Å². The Morgan fingerprint density at radius 2 is 1.90 bits per heavy atom. The smallest absolute Gasteiger partial charge is 0.129 e. The van der Waals surface area contributed by atoms with Crippen LogP contribution in [0.1, 0.15) is 17.0 Å². The molecule has 0 saturated heterocycles. The highest BCUT2D eigenvalue weighted by Crippen LogP contribution is 2.28. The van der Waals surface area contributed by atoms with Crippen LogP contribution in [0.4, 0.5) is 0 Å². The van der Waals surface area contributed by atoms with Gasteiger partial charge in [0, 0.05) is 5.92 Å². The number of phenolic OH excluding ortho intramolecular Hbond substituents is 1. The van der Waals surface area contributed by atoms with E-state index in [-0.39, 0.29) is 11.7 Å². The fourth-order valence-corrected chi connectivity index (χ4v) is 2.60. The van der Waals surface area contributed by atoms with Gasteiger partial charge in [0.25, 0.3) is 0 Å². The average molecular weight is 336 g/mol. The Hall–Kier alpha value is -1.52. The monoisotopic (exact) mass is 335 g/mol. The lowest BCUT2D eigenvalue weighted by Crippen LogP contribution is -2.15. The summed E-state index contributed by atoms with van der Waals surface area (Å²) in [5.41, 5.74) is 8.23. The molecule has 0 aliphatic carbocycles. The molecule has 2 rings (SSSR count). The van der Waals surface area contributed by atoms with Gasteiger partial charge in [0.15, 0.2) is 0 Å². The van der Waals surface area contributed by atoms with Crippen molar-refractivity contribution in [3.63, 3.8) is 0 Å². The third kappa shape index (κ3) is 3.52. The maximum absolute atomic E-state index is 9.52. The van der Waals surface area contributed by atoms with Crippen molar-refractivity contribution in [1.82, 2.24) is 0 Å². The Morgan fingerprint density at radius 3 is 2.45 bits per heavy atom. The third-order valence-corrected chi connectivity index (χ3v) is 4.00. The fraction of sp³-hybridized carbons (Fsp3) is 0.250. The van der Waals surface area contributed by atoms with E-state index in [1.54, 1.807) is 13.2 Å². The van der Waals surface area contributed by atoms with E-state index in [1.165, 1.54) is 5.56 Å². The predicted molar refractivity (Wildman–Crippen MR) is 84.3 cm³/mol. The summed E-state index contributed by atoms with van der Waals surface area (Å²) in [7, 11) is 1.66. The lowest BCUT2D eigenvalue weighted by molar-refractivity contribution is 0.414. The van der Waals surface area contributed by atoms with Crippen LogP contribution < -0.4 is 10.5 Å². The minimum atomic E-state index is 0.248. The molecule has 2 aromatic carbocycles. The minimum absolute atomic E-state index is 0.248. The molecule has 0 amide bonds. The van der Waals surface area contributed by atoms with Crippen LogP contribution >= 0.6 is 15.9 Å². The molecule has 1 atom stereocenters. The lowest BCUT2D eigenvalue weighted by Gasteiger charge is -2.16. The number of aromatic hydroxyl groups is 1. The number of hydrogen-bond donors (Lipinski definition) is 2. The molecular weight excluding hydrogens is 318 g/mol. The summed E-state index contributed by atoms with van der Waals surface area (Å²) in [4.78, 5) is 0. The van der Waals surface area contributed by atoms with Gasteiger partial charge in [-0.25, -0.2) is 0 Å². The molecule has 2 aromatic rings. The van der Waals surface area contributed by atoms with Gasteiger partial charge in [0.05, 0.1) is 11.6 Å². The Labute approximate surface area is 127 Å². The summed E-state index contributed by atoms with van der Waals surface area (Å²) >= 11 is 3.34. The molecule has 0 saturated carbocycles. The summed E-state index contributed by atoms with van der Waals surface area (Å²) in [6, 6.07) is 13.5. The summed E-state index contributed by atoms with van der Waals surface area (Å²) < 4.78 is 5.87. The second-order valence-corrected chi connectivity index (χ2v) is 5.55. The molecule has 0 bridgehead atoms. The SMILES string of the molecule is COc1ccc(C(CN)Cc2ccc(O)c(Br)c2)cc1. The van der Waals surface area contributed by atoms with Crippen molar-refractivity contribution in [2.45, 2.75) is 12.3 Å². The highest BCUT2D eigenvalue weighted by Gasteiger charge is 2.12. The number of ether oxygens (including phenoxy) is 1. The molecule has 1 unspecified atom stereocenters. The van der Waals surface area contributed by atoms with E-state index in [4.69, 9.17) is 10.5 Å². The molecule has 106 valence electrons. The number of nitrogens with two attached hydrogens (primary N) is 1. The van der Waals surface area contributed by atoms with E-state index in [2.05, 4.69) is 15.9 Å². The fourth-order valence-electron chi connectivity index (χ4n) is 2.18. The first-order valence-corrected chi connectivity index (χ1v) is 7.24. The van der Waals surface area contributed by atoms with E-state index >= 15 is 0 Å². The van der Waals surface area contributed by atoms with Crippen LogP contribution in [0.5, 0.6) is 11.5 Å². The van der Waals surface area contributed by atoms with E-state index in [1.807, 2.05) is 36.4 Å². The molecule has 0 heterocycles. The molecule has 0 radical (unpaired) electrons. The van der Waals surface area contributed by atoms with Gasteiger partial charge in [-0.3, -0.25) is 0 Å². The van der Waals surface area contributed by atoms with Crippen molar-refractivity contribution in [2.24, 2.45) is 5.73 Å². The number of benzene rings is 2. The molecule has 0 aliphatic heterocycles. The van der Waals surface area contributed by atoms with Crippen molar-refractivity contribution in [1.29, 1.82) is 0 Å². The quantitative estimate of drug-likeness (QED) is 0.879. The number of methoxy groups -OCH3 is 1. The summed E-state index contributed by atoms with van der Waals surface area (Å²) in [5, 5.41) is 9.52. The van der Waals surface area contributed by atoms with Crippen LogP contribution in [0.25, 0.3) is 0 Å². The van der Waals surface area contributed by atoms with Gasteiger partial charge in [0.2, 0.25) is 0 Å². The second kappa shape index (κ2) is 6.77. The molecule has 0 spiro atoms. The van der Waals surface area contributed by atoms with Crippen molar-refractivity contribution < 1.29 is 9.84 Å². The summed E-state index contributed by atoms with van der Waals surface area (Å²) in [6.45, 7) is 0.574. The number of rotatable bonds is 5. The van der Waals surface area contributed by atoms with Crippen molar-refractivity contribution in [2.75, 3.05) is 13.7 Å². The van der Waals surface area contributed by atoms with Gasteiger partial charge < -0.3 is 15.6 Å². The topological polar surface area (TPSA) is 55.5 Å². The van der Waals surface area contributed by atoms with Crippen LogP contribution in [0.3, 0.4) is 0 Å². The van der Waals surface area contributed by atoms with Crippen molar-refractivity contribution in [3.8, 4) is 11.5 Å². The van der Waals surface area contributed by atoms with Crippen LogP contribution in [-0.2, 0) is 6.42 Å². The molecule has 0 aromatic heterocycles. The molecule has 0 aliphatic rings. The standard InChI is InChI=1S/C16H18BrNO2/c1-20-14-5-3-12(4-6-14)13(10-18)8-11-2-7-16(19)15(17)9-11/h2-7,9,13,19H,8,10,18H2,1H3. The first kappa shape index (κ1) is 14.9. The molecule has 20 heavy (non-hydrogen) atoms. The lowest BCUT2D eigenvalue weighted by atomic mass is 9.92. The second-order valence-electron chi connectivity index (χ2n) is 4.70. The average Bonchev–Trinajstić information content (AvgIpc) is 2.48. The Bertz CT molecular complexity index is 569. The zero-order valence-electron chi connectivity index (χ0n) is 11.3. The summed E-state index contributed by atoms with van der Waals surface area (Å²) in [6.07, 6.45) is 0.835. The van der Waals surface area contributed by atoms with Gasteiger partial charge in [-0.1, -0.05) is 18.2 Å². The van der Waals surface area contributed by atoms with Crippen molar-refractivity contribution >= 4 is 15.9 Å². The molecule has 4 heteroatoms. The number of hydrogen-bond acceptors (Lipinski definition) is 3.